The van der Waals surface area contributed by atoms with Crippen LogP contribution in [0.15, 0.2) is 144 Å². The monoisotopic (exact) mass is 1210 g/mol. The summed E-state index contributed by atoms with van der Waals surface area (Å²) in [4.78, 5) is 18.0. The Labute approximate surface area is 504 Å². The van der Waals surface area contributed by atoms with Crippen LogP contribution in [0, 0.1) is 37.5 Å². The Bertz CT molecular complexity index is 3680. The molecule has 22 heteroatoms. The molecule has 3 N–H and O–H groups in total. The standard InChI is InChI=1S/C24H27N3O4.C22H23N3O4.2C9H12O3S/c1-4-7-18-8-6-9-19(14-18)27-24-20-15-22(31-13-11-29-5-2)23(30-12-10-28-3)16-21(20)25-17-26-24;1-3-5-16-6-4-7-17(12-16)25-22-18-13-20(28-9-8-26)21(29-11-10-27-2)14-19(18)23-15-24-22;2*1-3-12-13(10,11)9-6-4-8(2)5-7-9/h6,8-9,14-17H,5,10-13H2,1-3H3,(H,25,26,27);4,6-7,12-15,26H,8-11H2,1-2H3,(H,23,24,25);2*4-7H,3H2,1-2H3. The fourth-order valence-electron chi connectivity index (χ4n) is 7.53. The van der Waals surface area contributed by atoms with E-state index in [-0.39, 0.29) is 36.2 Å². The third-order valence-corrected chi connectivity index (χ3v) is 14.3. The molecule has 0 amide bonds. The summed E-state index contributed by atoms with van der Waals surface area (Å²) in [6, 6.07) is 36.1. The molecule has 2 aromatic heterocycles. The topological polar surface area (TPSA) is 247 Å². The number of aliphatic hydroxyl groups is 1. The lowest BCUT2D eigenvalue weighted by Gasteiger charge is -2.15. The highest BCUT2D eigenvalue weighted by Gasteiger charge is 2.17. The number of hydrogen-bond acceptors (Lipinski definition) is 20. The first kappa shape index (κ1) is 68.4. The summed E-state index contributed by atoms with van der Waals surface area (Å²) in [6.45, 7) is 16.3. The highest BCUT2D eigenvalue weighted by atomic mass is 32.2. The van der Waals surface area contributed by atoms with Crippen molar-refractivity contribution in [2.45, 2.75) is 58.3 Å². The Balaban J connectivity index is 0.000000225. The van der Waals surface area contributed by atoms with E-state index in [1.807, 2.05) is 94.4 Å². The van der Waals surface area contributed by atoms with E-state index in [2.05, 4.69) is 62.6 Å². The van der Waals surface area contributed by atoms with Crippen molar-refractivity contribution in [3.05, 3.63) is 156 Å². The number of rotatable bonds is 26. The molecule has 20 nitrogen and oxygen atoms in total. The van der Waals surface area contributed by atoms with Gasteiger partial charge in [0.1, 0.15) is 50.7 Å². The summed E-state index contributed by atoms with van der Waals surface area (Å²) in [5.41, 5.74) is 7.09. The van der Waals surface area contributed by atoms with Crippen LogP contribution in [0.3, 0.4) is 0 Å². The van der Waals surface area contributed by atoms with Gasteiger partial charge in [0, 0.05) is 66.2 Å². The fourth-order valence-corrected chi connectivity index (χ4v) is 9.36. The van der Waals surface area contributed by atoms with Crippen LogP contribution in [-0.2, 0) is 42.8 Å². The molecule has 0 saturated heterocycles. The maximum Gasteiger partial charge on any atom is 0.296 e. The first-order valence-corrected chi connectivity index (χ1v) is 30.2. The van der Waals surface area contributed by atoms with Gasteiger partial charge < -0.3 is 48.9 Å². The zero-order valence-corrected chi connectivity index (χ0v) is 51.5. The predicted octanol–water partition coefficient (Wildman–Crippen LogP) is 10.8. The highest BCUT2D eigenvalue weighted by Crippen LogP contribution is 2.37. The van der Waals surface area contributed by atoms with E-state index in [0.717, 1.165) is 49.9 Å². The van der Waals surface area contributed by atoms with Crippen molar-refractivity contribution in [1.82, 2.24) is 19.9 Å². The number of nitrogens with one attached hydrogen (secondary N) is 2. The van der Waals surface area contributed by atoms with Gasteiger partial charge in [0.2, 0.25) is 0 Å². The molecule has 0 aliphatic heterocycles. The molecule has 0 aliphatic rings. The SMILES string of the molecule is CC#Cc1cccc(Nc2ncnc3cc(OCCOC)c(OCCO)cc23)c1.CC#Cc1cccc(Nc2ncnc3cc(OCCOC)c(OCCOCC)cc23)c1.CCOS(=O)(=O)c1ccc(C)cc1.CCOS(=O)(=O)c1ccc(C)cc1. The van der Waals surface area contributed by atoms with Gasteiger partial charge in [-0.3, -0.25) is 8.37 Å². The van der Waals surface area contributed by atoms with E-state index in [1.54, 1.807) is 89.6 Å². The van der Waals surface area contributed by atoms with Gasteiger partial charge in [0.25, 0.3) is 20.2 Å². The molecule has 0 fully saturated rings. The molecule has 0 atom stereocenters. The number of aromatic nitrogens is 4. The van der Waals surface area contributed by atoms with Gasteiger partial charge in [-0.1, -0.05) is 59.4 Å². The van der Waals surface area contributed by atoms with Crippen LogP contribution in [0.5, 0.6) is 23.0 Å². The molecule has 0 aliphatic carbocycles. The van der Waals surface area contributed by atoms with Crippen LogP contribution in [0.1, 0.15) is 56.9 Å². The van der Waals surface area contributed by atoms with Gasteiger partial charge in [-0.2, -0.15) is 16.8 Å². The minimum atomic E-state index is -3.53. The van der Waals surface area contributed by atoms with Crippen molar-refractivity contribution in [2.24, 2.45) is 0 Å². The van der Waals surface area contributed by atoms with Crippen LogP contribution in [0.25, 0.3) is 21.8 Å². The number of aliphatic hydroxyl groups excluding tert-OH is 1. The van der Waals surface area contributed by atoms with E-state index in [4.69, 9.17) is 38.3 Å². The average Bonchev–Trinajstić information content (AvgIpc) is 2.73. The quantitative estimate of drug-likeness (QED) is 0.0259. The summed E-state index contributed by atoms with van der Waals surface area (Å²) in [6.07, 6.45) is 3.02. The molecule has 0 bridgehead atoms. The van der Waals surface area contributed by atoms with Crippen molar-refractivity contribution in [2.75, 3.05) is 97.5 Å². The number of fused-ring (bicyclic) bond motifs is 2. The Morgan fingerprint density at radius 2 is 0.872 bits per heavy atom. The Morgan fingerprint density at radius 3 is 1.24 bits per heavy atom. The number of anilines is 4. The van der Waals surface area contributed by atoms with E-state index in [0.29, 0.717) is 86.4 Å². The minimum absolute atomic E-state index is 0.1000. The van der Waals surface area contributed by atoms with E-state index in [9.17, 15) is 16.8 Å². The molecular formula is C64H74N6O14S2. The second kappa shape index (κ2) is 36.4. The van der Waals surface area contributed by atoms with Crippen molar-refractivity contribution >= 4 is 65.1 Å². The Morgan fingerprint density at radius 1 is 0.477 bits per heavy atom. The zero-order chi connectivity index (χ0) is 62.2. The van der Waals surface area contributed by atoms with Crippen molar-refractivity contribution in [3.63, 3.8) is 0 Å². The number of nitrogens with zero attached hydrogens (tertiary/aromatic N) is 4. The lowest BCUT2D eigenvalue weighted by Crippen LogP contribution is -2.09. The summed E-state index contributed by atoms with van der Waals surface area (Å²) < 4.78 is 93.3. The highest BCUT2D eigenvalue weighted by molar-refractivity contribution is 7.87. The van der Waals surface area contributed by atoms with Crippen molar-refractivity contribution < 1.29 is 63.5 Å². The second-order valence-corrected chi connectivity index (χ2v) is 21.1. The Hall–Kier alpha value is -8.42. The maximum absolute atomic E-state index is 11.3. The van der Waals surface area contributed by atoms with E-state index < -0.39 is 20.2 Å². The molecule has 86 heavy (non-hydrogen) atoms. The zero-order valence-electron chi connectivity index (χ0n) is 49.8. The van der Waals surface area contributed by atoms with Crippen LogP contribution >= 0.6 is 0 Å². The first-order valence-electron chi connectivity index (χ1n) is 27.4. The molecular weight excluding hydrogens is 1140 g/mol. The summed E-state index contributed by atoms with van der Waals surface area (Å²) in [5, 5.41) is 17.4. The molecule has 0 spiro atoms. The molecule has 8 aromatic rings. The number of aryl methyl sites for hydroxylation is 2. The van der Waals surface area contributed by atoms with Gasteiger partial charge in [0.15, 0.2) is 23.0 Å². The van der Waals surface area contributed by atoms with E-state index >= 15 is 0 Å². The fraction of sp³-hybridized carbons (Fsp3) is 0.312. The Kier molecular flexibility index (Phi) is 29.0. The van der Waals surface area contributed by atoms with Crippen LogP contribution in [0.2, 0.25) is 0 Å². The van der Waals surface area contributed by atoms with Gasteiger partial charge in [0.05, 0.1) is 60.5 Å². The minimum Gasteiger partial charge on any atom is -0.487 e. The molecule has 2 heterocycles. The lowest BCUT2D eigenvalue weighted by molar-refractivity contribution is 0.106. The second-order valence-electron chi connectivity index (χ2n) is 17.9. The molecule has 0 radical (unpaired) electrons. The number of ether oxygens (including phenoxy) is 7. The van der Waals surface area contributed by atoms with Gasteiger partial charge in [-0.15, -0.1) is 11.8 Å². The number of benzene rings is 6. The summed E-state index contributed by atoms with van der Waals surface area (Å²) >= 11 is 0. The van der Waals surface area contributed by atoms with Crippen LogP contribution in [0.4, 0.5) is 23.0 Å². The largest absolute Gasteiger partial charge is 0.487 e. The van der Waals surface area contributed by atoms with Crippen LogP contribution in [-0.4, -0.2) is 129 Å². The molecule has 0 saturated carbocycles. The number of hydrogen-bond donors (Lipinski definition) is 3. The third kappa shape index (κ3) is 22.2. The van der Waals surface area contributed by atoms with Gasteiger partial charge >= 0.3 is 0 Å². The molecule has 0 unspecified atom stereocenters. The summed E-state index contributed by atoms with van der Waals surface area (Å²) in [5.74, 6) is 15.5. The lowest BCUT2D eigenvalue weighted by atomic mass is 10.2. The van der Waals surface area contributed by atoms with E-state index in [1.165, 1.54) is 12.7 Å². The first-order chi connectivity index (χ1) is 41.6. The van der Waals surface area contributed by atoms with Crippen molar-refractivity contribution in [1.29, 1.82) is 0 Å². The summed E-state index contributed by atoms with van der Waals surface area (Å²) in [7, 11) is -3.81. The van der Waals surface area contributed by atoms with Gasteiger partial charge in [-0.05, 0) is 121 Å². The van der Waals surface area contributed by atoms with Gasteiger partial charge in [-0.25, -0.2) is 19.9 Å². The molecule has 8 rings (SSSR count). The van der Waals surface area contributed by atoms with Crippen molar-refractivity contribution in [3.8, 4) is 46.7 Å². The maximum atomic E-state index is 11.3. The van der Waals surface area contributed by atoms with Crippen LogP contribution < -0.4 is 29.6 Å². The molecule has 456 valence electrons. The smallest absolute Gasteiger partial charge is 0.296 e. The predicted molar refractivity (Wildman–Crippen MR) is 333 cm³/mol. The average molecular weight is 1220 g/mol. The third-order valence-electron chi connectivity index (χ3n) is 11.5. The molecule has 6 aromatic carbocycles. The normalized spacial score (nSPS) is 10.7. The number of methoxy groups -OCH3 is 2.